The molecule has 0 amide bonds. The van der Waals surface area contributed by atoms with E-state index < -0.39 is 23.7 Å². The molecule has 0 spiro atoms. The second-order valence-electron chi connectivity index (χ2n) is 3.51. The molecule has 1 aromatic heterocycles. The van der Waals surface area contributed by atoms with Crippen molar-refractivity contribution in [2.45, 2.75) is 12.3 Å². The SMILES string of the molecule is O=Cc1cnc(OC2COC2)c(C(F)(F)F)c1. The first-order valence-electron chi connectivity index (χ1n) is 4.77. The molecule has 0 aliphatic carbocycles. The van der Waals surface area contributed by atoms with Gasteiger partial charge in [0, 0.05) is 11.8 Å². The molecule has 0 radical (unpaired) electrons. The first-order chi connectivity index (χ1) is 8.00. The van der Waals surface area contributed by atoms with Crippen molar-refractivity contribution in [3.8, 4) is 5.88 Å². The minimum absolute atomic E-state index is 0.144. The zero-order valence-electron chi connectivity index (χ0n) is 8.53. The smallest absolute Gasteiger partial charge is 0.421 e. The molecule has 2 rings (SSSR count). The van der Waals surface area contributed by atoms with E-state index in [9.17, 15) is 18.0 Å². The number of halogens is 3. The third kappa shape index (κ3) is 2.55. The maximum atomic E-state index is 12.7. The molecule has 0 atom stereocenters. The van der Waals surface area contributed by atoms with E-state index in [-0.39, 0.29) is 18.8 Å². The van der Waals surface area contributed by atoms with Crippen LogP contribution in [0.2, 0.25) is 0 Å². The van der Waals surface area contributed by atoms with Crippen molar-refractivity contribution in [3.05, 3.63) is 23.4 Å². The van der Waals surface area contributed by atoms with Crippen molar-refractivity contribution in [1.29, 1.82) is 0 Å². The Labute approximate surface area is 94.4 Å². The summed E-state index contributed by atoms with van der Waals surface area (Å²) in [6.07, 6.45) is -3.67. The van der Waals surface area contributed by atoms with E-state index in [1.807, 2.05) is 0 Å². The molecule has 4 nitrogen and oxygen atoms in total. The Bertz CT molecular complexity index is 429. The Balaban J connectivity index is 2.32. The predicted octanol–water partition coefficient (Wildman–Crippen LogP) is 1.69. The number of alkyl halides is 3. The van der Waals surface area contributed by atoms with Gasteiger partial charge >= 0.3 is 6.18 Å². The van der Waals surface area contributed by atoms with E-state index in [2.05, 4.69) is 4.98 Å². The van der Waals surface area contributed by atoms with Crippen LogP contribution in [-0.4, -0.2) is 30.6 Å². The second kappa shape index (κ2) is 4.33. The highest BCUT2D eigenvalue weighted by Crippen LogP contribution is 2.36. The van der Waals surface area contributed by atoms with Crippen LogP contribution in [0.25, 0.3) is 0 Å². The molecule has 1 aliphatic heterocycles. The number of ether oxygens (including phenoxy) is 2. The van der Waals surface area contributed by atoms with Crippen molar-refractivity contribution < 1.29 is 27.4 Å². The lowest BCUT2D eigenvalue weighted by atomic mass is 10.2. The van der Waals surface area contributed by atoms with E-state index in [0.717, 1.165) is 12.3 Å². The highest BCUT2D eigenvalue weighted by molar-refractivity contribution is 5.74. The van der Waals surface area contributed by atoms with Gasteiger partial charge in [-0.15, -0.1) is 0 Å². The normalized spacial score (nSPS) is 16.4. The maximum absolute atomic E-state index is 12.7. The molecule has 0 aromatic carbocycles. The number of nitrogens with zero attached hydrogens (tertiary/aromatic N) is 1. The summed E-state index contributed by atoms with van der Waals surface area (Å²) < 4.78 is 47.8. The van der Waals surface area contributed by atoms with Crippen LogP contribution in [0.3, 0.4) is 0 Å². The molecular formula is C10H8F3NO3. The summed E-state index contributed by atoms with van der Waals surface area (Å²) in [7, 11) is 0. The van der Waals surface area contributed by atoms with E-state index >= 15 is 0 Å². The molecule has 1 aliphatic rings. The van der Waals surface area contributed by atoms with Gasteiger partial charge in [-0.2, -0.15) is 13.2 Å². The molecule has 1 aromatic rings. The molecule has 17 heavy (non-hydrogen) atoms. The average Bonchev–Trinajstić information content (AvgIpc) is 2.22. The van der Waals surface area contributed by atoms with E-state index in [1.54, 1.807) is 0 Å². The quantitative estimate of drug-likeness (QED) is 0.762. The van der Waals surface area contributed by atoms with Crippen LogP contribution < -0.4 is 4.74 Å². The largest absolute Gasteiger partial charge is 0.469 e. The van der Waals surface area contributed by atoms with Crippen LogP contribution in [0.1, 0.15) is 15.9 Å². The first-order valence-corrected chi connectivity index (χ1v) is 4.77. The van der Waals surface area contributed by atoms with Crippen LogP contribution >= 0.6 is 0 Å². The monoisotopic (exact) mass is 247 g/mol. The Morgan fingerprint density at radius 2 is 2.18 bits per heavy atom. The Hall–Kier alpha value is -1.63. The zero-order valence-corrected chi connectivity index (χ0v) is 8.53. The van der Waals surface area contributed by atoms with Crippen LogP contribution in [0.5, 0.6) is 5.88 Å². The van der Waals surface area contributed by atoms with Gasteiger partial charge in [0.15, 0.2) is 6.29 Å². The number of carbonyl (C=O) groups is 1. The maximum Gasteiger partial charge on any atom is 0.421 e. The highest BCUT2D eigenvalue weighted by Gasteiger charge is 2.37. The molecule has 2 heterocycles. The lowest BCUT2D eigenvalue weighted by Gasteiger charge is -2.27. The lowest BCUT2D eigenvalue weighted by Crippen LogP contribution is -2.39. The van der Waals surface area contributed by atoms with E-state index in [4.69, 9.17) is 9.47 Å². The van der Waals surface area contributed by atoms with Gasteiger partial charge in [-0.3, -0.25) is 4.79 Å². The number of aldehydes is 1. The number of carbonyl (C=O) groups excluding carboxylic acids is 1. The van der Waals surface area contributed by atoms with Crippen molar-refractivity contribution in [1.82, 2.24) is 4.98 Å². The van der Waals surface area contributed by atoms with Gasteiger partial charge in [0.1, 0.15) is 11.7 Å². The second-order valence-corrected chi connectivity index (χ2v) is 3.51. The molecule has 0 unspecified atom stereocenters. The average molecular weight is 247 g/mol. The van der Waals surface area contributed by atoms with Crippen molar-refractivity contribution in [2.24, 2.45) is 0 Å². The first kappa shape index (κ1) is 11.8. The van der Waals surface area contributed by atoms with Gasteiger partial charge in [0.25, 0.3) is 0 Å². The Morgan fingerprint density at radius 1 is 1.47 bits per heavy atom. The molecule has 0 bridgehead atoms. The van der Waals surface area contributed by atoms with Gasteiger partial charge in [-0.25, -0.2) is 4.98 Å². The van der Waals surface area contributed by atoms with E-state index in [1.165, 1.54) is 0 Å². The van der Waals surface area contributed by atoms with Crippen molar-refractivity contribution in [2.75, 3.05) is 13.2 Å². The third-order valence-electron chi connectivity index (χ3n) is 2.20. The number of hydrogen-bond acceptors (Lipinski definition) is 4. The number of hydrogen-bond donors (Lipinski definition) is 0. The standard InChI is InChI=1S/C10H8F3NO3/c11-10(12,13)8-1-6(3-15)2-14-9(8)17-7-4-16-5-7/h1-3,7H,4-5H2. The van der Waals surface area contributed by atoms with Crippen LogP contribution in [0, 0.1) is 0 Å². The molecule has 92 valence electrons. The molecule has 0 saturated carbocycles. The van der Waals surface area contributed by atoms with Gasteiger partial charge in [-0.05, 0) is 6.07 Å². The molecule has 7 heteroatoms. The summed E-state index contributed by atoms with van der Waals surface area (Å²) in [5.41, 5.74) is -1.19. The van der Waals surface area contributed by atoms with Gasteiger partial charge < -0.3 is 9.47 Å². The fourth-order valence-electron chi connectivity index (χ4n) is 1.27. The summed E-state index contributed by atoms with van der Waals surface area (Å²) in [5.74, 6) is -0.517. The number of aromatic nitrogens is 1. The topological polar surface area (TPSA) is 48.4 Å². The Morgan fingerprint density at radius 3 is 2.65 bits per heavy atom. The molecule has 1 saturated heterocycles. The van der Waals surface area contributed by atoms with Crippen molar-refractivity contribution in [3.63, 3.8) is 0 Å². The zero-order chi connectivity index (χ0) is 12.5. The van der Waals surface area contributed by atoms with Crippen molar-refractivity contribution >= 4 is 6.29 Å². The molecular weight excluding hydrogens is 239 g/mol. The van der Waals surface area contributed by atoms with E-state index in [0.29, 0.717) is 6.29 Å². The number of rotatable bonds is 3. The van der Waals surface area contributed by atoms with Gasteiger partial charge in [-0.1, -0.05) is 0 Å². The summed E-state index contributed by atoms with van der Waals surface area (Å²) in [6.45, 7) is 0.489. The molecule has 0 N–H and O–H groups in total. The van der Waals surface area contributed by atoms with Crippen LogP contribution in [0.15, 0.2) is 12.3 Å². The minimum Gasteiger partial charge on any atom is -0.469 e. The van der Waals surface area contributed by atoms with Gasteiger partial charge in [0.05, 0.1) is 13.2 Å². The Kier molecular flexibility index (Phi) is 3.01. The van der Waals surface area contributed by atoms with Crippen LogP contribution in [0.4, 0.5) is 13.2 Å². The summed E-state index contributed by atoms with van der Waals surface area (Å²) >= 11 is 0. The van der Waals surface area contributed by atoms with Gasteiger partial charge in [0.2, 0.25) is 5.88 Å². The minimum atomic E-state index is -4.61. The highest BCUT2D eigenvalue weighted by atomic mass is 19.4. The summed E-state index contributed by atoms with van der Waals surface area (Å²) in [4.78, 5) is 13.9. The lowest BCUT2D eigenvalue weighted by molar-refractivity contribution is -0.142. The van der Waals surface area contributed by atoms with Crippen LogP contribution in [-0.2, 0) is 10.9 Å². The predicted molar refractivity (Wildman–Crippen MR) is 49.9 cm³/mol. The summed E-state index contributed by atoms with van der Waals surface area (Å²) in [5, 5.41) is 0. The fourth-order valence-corrected chi connectivity index (χ4v) is 1.27. The fraction of sp³-hybridized carbons (Fsp3) is 0.400. The third-order valence-corrected chi connectivity index (χ3v) is 2.20. The number of pyridine rings is 1. The summed E-state index contributed by atoms with van der Waals surface area (Å²) in [6, 6.07) is 0.717. The molecule has 1 fully saturated rings.